The molecule has 5 rings (SSSR count). The van der Waals surface area contributed by atoms with E-state index in [0.717, 1.165) is 50.8 Å². The molecule has 6 heteroatoms. The minimum absolute atomic E-state index is 0.160. The lowest BCUT2D eigenvalue weighted by molar-refractivity contribution is 0.214. The molecule has 0 fully saturated rings. The van der Waals surface area contributed by atoms with Crippen LogP contribution >= 0.6 is 11.3 Å². The topological polar surface area (TPSA) is 54.8 Å². The molecule has 0 radical (unpaired) electrons. The van der Waals surface area contributed by atoms with Gasteiger partial charge in [-0.2, -0.15) is 0 Å². The number of rotatable bonds is 6. The van der Waals surface area contributed by atoms with Crippen LogP contribution in [0.2, 0.25) is 0 Å². The first-order valence-electron chi connectivity index (χ1n) is 10.6. The molecule has 162 valence electrons. The van der Waals surface area contributed by atoms with Gasteiger partial charge < -0.3 is 14.6 Å². The van der Waals surface area contributed by atoms with Crippen molar-refractivity contribution in [1.82, 2.24) is 9.88 Å². The molecule has 32 heavy (non-hydrogen) atoms. The minimum atomic E-state index is 0.160. The molecule has 0 aliphatic carbocycles. The second-order valence-corrected chi connectivity index (χ2v) is 8.77. The van der Waals surface area contributed by atoms with Gasteiger partial charge in [-0.1, -0.05) is 43.0 Å². The van der Waals surface area contributed by atoms with Crippen molar-refractivity contribution in [3.63, 3.8) is 0 Å². The molecule has 0 atom stereocenters. The van der Waals surface area contributed by atoms with Crippen LogP contribution in [0, 0.1) is 0 Å². The Hall–Kier alpha value is -3.35. The molecule has 0 unspecified atom stereocenters. The zero-order valence-corrected chi connectivity index (χ0v) is 18.5. The first-order chi connectivity index (χ1) is 15.7. The van der Waals surface area contributed by atoms with Crippen molar-refractivity contribution in [1.29, 1.82) is 0 Å². The van der Waals surface area contributed by atoms with Gasteiger partial charge in [0.15, 0.2) is 11.5 Å². The van der Waals surface area contributed by atoms with Gasteiger partial charge in [0, 0.05) is 36.3 Å². The van der Waals surface area contributed by atoms with E-state index in [0.29, 0.717) is 25.5 Å². The number of hydrogen-bond acceptors (Lipinski definition) is 6. The highest BCUT2D eigenvalue weighted by molar-refractivity contribution is 7.21. The molecule has 3 aromatic carbocycles. The Morgan fingerprint density at radius 1 is 1.16 bits per heavy atom. The maximum Gasteiger partial charge on any atom is 0.165 e. The van der Waals surface area contributed by atoms with Gasteiger partial charge >= 0.3 is 0 Å². The predicted molar refractivity (Wildman–Crippen MR) is 128 cm³/mol. The van der Waals surface area contributed by atoms with Crippen LogP contribution in [0.25, 0.3) is 20.8 Å². The van der Waals surface area contributed by atoms with Crippen molar-refractivity contribution in [2.45, 2.75) is 13.1 Å². The number of nitrogens with zero attached hydrogens (tertiary/aromatic N) is 2. The number of phenolic OH excluding ortho intramolecular Hbond substituents is 1. The normalized spacial score (nSPS) is 13.9. The van der Waals surface area contributed by atoms with E-state index in [-0.39, 0.29) is 5.75 Å². The Kier molecular flexibility index (Phi) is 5.79. The van der Waals surface area contributed by atoms with Crippen molar-refractivity contribution >= 4 is 21.6 Å². The number of ether oxygens (including phenoxy) is 2. The number of phenols is 1. The lowest BCUT2D eigenvalue weighted by Gasteiger charge is -2.21. The molecule has 1 N–H and O–H groups in total. The lowest BCUT2D eigenvalue weighted by Crippen LogP contribution is -2.25. The van der Waals surface area contributed by atoms with Gasteiger partial charge in [-0.15, -0.1) is 11.3 Å². The Balaban J connectivity index is 1.44. The van der Waals surface area contributed by atoms with Gasteiger partial charge in [-0.05, 0) is 30.3 Å². The molecule has 0 spiro atoms. The second kappa shape index (κ2) is 9.02. The number of aromatic hydroxyl groups is 1. The van der Waals surface area contributed by atoms with Crippen LogP contribution in [0.5, 0.6) is 17.2 Å². The Labute approximate surface area is 191 Å². The van der Waals surface area contributed by atoms with Gasteiger partial charge in [0.1, 0.15) is 24.0 Å². The number of hydrogen-bond donors (Lipinski definition) is 1. The fourth-order valence-corrected chi connectivity index (χ4v) is 4.92. The van der Waals surface area contributed by atoms with Crippen molar-refractivity contribution in [2.75, 3.05) is 19.8 Å². The molecule has 5 nitrogen and oxygen atoms in total. The first-order valence-corrected chi connectivity index (χ1v) is 11.4. The highest BCUT2D eigenvalue weighted by Crippen LogP contribution is 2.40. The molecule has 0 saturated carbocycles. The standard InChI is InChI=1S/C26H24N2O3S/c1-2-12-30-23-9-5-3-7-18(23)16-28-11-13-31-25-20(17-28)14-19(15-22(25)29)26-27-21-8-4-6-10-24(21)32-26/h2-10,14-15,29H,1,11-13,16-17H2. The largest absolute Gasteiger partial charge is 0.504 e. The summed E-state index contributed by atoms with van der Waals surface area (Å²) in [7, 11) is 0. The van der Waals surface area contributed by atoms with Crippen LogP contribution in [0.3, 0.4) is 0 Å². The molecule has 1 aromatic heterocycles. The smallest absolute Gasteiger partial charge is 0.165 e. The summed E-state index contributed by atoms with van der Waals surface area (Å²) in [6.07, 6.45) is 1.75. The van der Waals surface area contributed by atoms with Gasteiger partial charge in [0.05, 0.1) is 10.2 Å². The zero-order chi connectivity index (χ0) is 21.9. The van der Waals surface area contributed by atoms with E-state index in [1.165, 1.54) is 0 Å². The average Bonchev–Trinajstić information content (AvgIpc) is 3.13. The number of thiazole rings is 1. The zero-order valence-electron chi connectivity index (χ0n) is 17.7. The van der Waals surface area contributed by atoms with Crippen molar-refractivity contribution in [2.24, 2.45) is 0 Å². The fraction of sp³-hybridized carbons (Fsp3) is 0.192. The van der Waals surface area contributed by atoms with Crippen LogP contribution in [-0.4, -0.2) is 34.7 Å². The predicted octanol–water partition coefficient (Wildman–Crippen LogP) is 5.63. The number of benzene rings is 3. The Bertz CT molecular complexity index is 1230. The van der Waals surface area contributed by atoms with E-state index in [9.17, 15) is 5.11 Å². The number of para-hydroxylation sites is 2. The fourth-order valence-electron chi connectivity index (χ4n) is 3.97. The highest BCUT2D eigenvalue weighted by Gasteiger charge is 2.21. The maximum absolute atomic E-state index is 10.7. The third-order valence-corrected chi connectivity index (χ3v) is 6.54. The van der Waals surface area contributed by atoms with Crippen molar-refractivity contribution in [3.8, 4) is 27.8 Å². The lowest BCUT2D eigenvalue weighted by atomic mass is 10.1. The van der Waals surface area contributed by atoms with E-state index < -0.39 is 0 Å². The third-order valence-electron chi connectivity index (χ3n) is 5.46. The molecular weight excluding hydrogens is 420 g/mol. The molecule has 0 saturated heterocycles. The van der Waals surface area contributed by atoms with Gasteiger partial charge in [-0.25, -0.2) is 4.98 Å². The number of fused-ring (bicyclic) bond motifs is 2. The summed E-state index contributed by atoms with van der Waals surface area (Å²) in [4.78, 5) is 7.06. The van der Waals surface area contributed by atoms with Gasteiger partial charge in [0.2, 0.25) is 0 Å². The molecule has 0 amide bonds. The molecule has 2 heterocycles. The maximum atomic E-state index is 10.7. The van der Waals surface area contributed by atoms with Gasteiger partial charge in [0.25, 0.3) is 0 Å². The molecule has 1 aliphatic heterocycles. The summed E-state index contributed by atoms with van der Waals surface area (Å²) in [5, 5.41) is 11.6. The summed E-state index contributed by atoms with van der Waals surface area (Å²) in [6.45, 7) is 6.86. The van der Waals surface area contributed by atoms with Crippen molar-refractivity contribution < 1.29 is 14.6 Å². The third kappa shape index (κ3) is 4.20. The Morgan fingerprint density at radius 2 is 2.00 bits per heavy atom. The van der Waals surface area contributed by atoms with Crippen LogP contribution in [0.15, 0.2) is 73.3 Å². The van der Waals surface area contributed by atoms with E-state index in [4.69, 9.17) is 14.5 Å². The minimum Gasteiger partial charge on any atom is -0.504 e. The Morgan fingerprint density at radius 3 is 2.88 bits per heavy atom. The summed E-state index contributed by atoms with van der Waals surface area (Å²) >= 11 is 1.63. The van der Waals surface area contributed by atoms with E-state index in [2.05, 4.69) is 29.7 Å². The van der Waals surface area contributed by atoms with E-state index in [1.807, 2.05) is 36.4 Å². The van der Waals surface area contributed by atoms with Crippen LogP contribution in [0.4, 0.5) is 0 Å². The highest BCUT2D eigenvalue weighted by atomic mass is 32.1. The SMILES string of the molecule is C=CCOc1ccccc1CN1CCOc2c(O)cc(-c3nc4ccccc4s3)cc2C1. The molecular formula is C26H24N2O3S. The van der Waals surface area contributed by atoms with E-state index >= 15 is 0 Å². The monoisotopic (exact) mass is 444 g/mol. The number of aromatic nitrogens is 1. The van der Waals surface area contributed by atoms with Crippen LogP contribution in [0.1, 0.15) is 11.1 Å². The van der Waals surface area contributed by atoms with Crippen LogP contribution < -0.4 is 9.47 Å². The summed E-state index contributed by atoms with van der Waals surface area (Å²) in [5.74, 6) is 1.59. The molecule has 1 aliphatic rings. The first kappa shape index (κ1) is 20.5. The second-order valence-electron chi connectivity index (χ2n) is 7.74. The quantitative estimate of drug-likeness (QED) is 0.391. The summed E-state index contributed by atoms with van der Waals surface area (Å²) < 4.78 is 12.9. The van der Waals surface area contributed by atoms with E-state index in [1.54, 1.807) is 23.5 Å². The van der Waals surface area contributed by atoms with Crippen molar-refractivity contribution in [3.05, 3.63) is 84.4 Å². The molecule has 4 aromatic rings. The molecule has 0 bridgehead atoms. The summed E-state index contributed by atoms with van der Waals surface area (Å²) in [6, 6.07) is 20.0. The average molecular weight is 445 g/mol. The summed E-state index contributed by atoms with van der Waals surface area (Å²) in [5.41, 5.74) is 3.95. The van der Waals surface area contributed by atoms with Gasteiger partial charge in [-0.3, -0.25) is 4.90 Å². The van der Waals surface area contributed by atoms with Crippen LogP contribution in [-0.2, 0) is 13.1 Å².